The van der Waals surface area contributed by atoms with Crippen LogP contribution < -0.4 is 5.32 Å². The van der Waals surface area contributed by atoms with E-state index in [9.17, 15) is 14.9 Å². The molecule has 2 aromatic carbocycles. The number of nitro groups is 1. The maximum atomic E-state index is 12.2. The van der Waals surface area contributed by atoms with Crippen LogP contribution in [0.1, 0.15) is 10.4 Å². The summed E-state index contributed by atoms with van der Waals surface area (Å²) in [5, 5.41) is 13.4. The molecule has 0 saturated carbocycles. The van der Waals surface area contributed by atoms with Crippen LogP contribution in [0.15, 0.2) is 48.0 Å². The van der Waals surface area contributed by atoms with Gasteiger partial charge in [-0.1, -0.05) is 6.07 Å². The fourth-order valence-corrected chi connectivity index (χ4v) is 2.61. The van der Waals surface area contributed by atoms with Gasteiger partial charge in [0.2, 0.25) is 0 Å². The fourth-order valence-electron chi connectivity index (χ4n) is 1.90. The van der Waals surface area contributed by atoms with E-state index in [1.54, 1.807) is 29.8 Å². The number of carbonyl (C=O) groups is 1. The number of rotatable bonds is 3. The van der Waals surface area contributed by atoms with Crippen molar-refractivity contribution in [2.24, 2.45) is 0 Å². The van der Waals surface area contributed by atoms with Crippen molar-refractivity contribution in [3.63, 3.8) is 0 Å². The molecule has 3 rings (SSSR count). The molecule has 0 bridgehead atoms. The Morgan fingerprint density at radius 3 is 2.90 bits per heavy atom. The number of carbonyl (C=O) groups excluding carboxylic acids is 1. The number of aromatic nitrogens is 1. The summed E-state index contributed by atoms with van der Waals surface area (Å²) in [7, 11) is 0. The van der Waals surface area contributed by atoms with Crippen molar-refractivity contribution in [2.75, 3.05) is 5.32 Å². The third kappa shape index (κ3) is 2.72. The number of hydrogen-bond donors (Lipinski definition) is 1. The van der Waals surface area contributed by atoms with E-state index < -0.39 is 4.92 Å². The third-order valence-corrected chi connectivity index (χ3v) is 3.70. The summed E-state index contributed by atoms with van der Waals surface area (Å²) in [6.07, 6.45) is 0. The van der Waals surface area contributed by atoms with Crippen LogP contribution in [0, 0.1) is 10.1 Å². The molecule has 104 valence electrons. The fraction of sp³-hybridized carbons (Fsp3) is 0. The van der Waals surface area contributed by atoms with Crippen molar-refractivity contribution in [3.05, 3.63) is 63.7 Å². The normalized spacial score (nSPS) is 10.5. The lowest BCUT2D eigenvalue weighted by atomic mass is 10.2. The first-order valence-electron chi connectivity index (χ1n) is 6.02. The molecule has 1 amide bonds. The predicted molar refractivity (Wildman–Crippen MR) is 80.7 cm³/mol. The van der Waals surface area contributed by atoms with Crippen LogP contribution in [0.25, 0.3) is 10.2 Å². The van der Waals surface area contributed by atoms with Crippen molar-refractivity contribution in [1.29, 1.82) is 0 Å². The van der Waals surface area contributed by atoms with Crippen molar-refractivity contribution >= 4 is 38.8 Å². The Kier molecular flexibility index (Phi) is 3.33. The maximum absolute atomic E-state index is 12.2. The Bertz CT molecular complexity index is 844. The van der Waals surface area contributed by atoms with Gasteiger partial charge in [0.25, 0.3) is 11.6 Å². The van der Waals surface area contributed by atoms with Crippen LogP contribution in [0.4, 0.5) is 11.4 Å². The molecule has 0 aliphatic heterocycles. The number of fused-ring (bicyclic) bond motifs is 1. The van der Waals surface area contributed by atoms with Crippen LogP contribution in [0.3, 0.4) is 0 Å². The quantitative estimate of drug-likeness (QED) is 0.593. The Hall–Kier alpha value is -2.80. The van der Waals surface area contributed by atoms with E-state index in [0.717, 1.165) is 10.2 Å². The predicted octanol–water partition coefficient (Wildman–Crippen LogP) is 3.46. The van der Waals surface area contributed by atoms with Gasteiger partial charge >= 0.3 is 0 Å². The first-order valence-corrected chi connectivity index (χ1v) is 6.90. The molecule has 0 atom stereocenters. The van der Waals surface area contributed by atoms with Gasteiger partial charge in [0, 0.05) is 23.4 Å². The summed E-state index contributed by atoms with van der Waals surface area (Å²) in [6, 6.07) is 11.0. The average Bonchev–Trinajstić information content (AvgIpc) is 2.94. The van der Waals surface area contributed by atoms with Gasteiger partial charge in [-0.05, 0) is 24.3 Å². The molecule has 7 heteroatoms. The number of nitro benzene ring substituents is 1. The number of benzene rings is 2. The Labute approximate surface area is 123 Å². The van der Waals surface area contributed by atoms with Crippen LogP contribution in [0.5, 0.6) is 0 Å². The molecule has 0 saturated heterocycles. The summed E-state index contributed by atoms with van der Waals surface area (Å²) in [6.45, 7) is 0. The van der Waals surface area contributed by atoms with E-state index in [-0.39, 0.29) is 11.6 Å². The number of nitrogens with one attached hydrogen (secondary N) is 1. The molecular weight excluding hydrogens is 290 g/mol. The van der Waals surface area contributed by atoms with Crippen molar-refractivity contribution in [2.45, 2.75) is 0 Å². The molecule has 0 unspecified atom stereocenters. The van der Waals surface area contributed by atoms with Crippen LogP contribution >= 0.6 is 11.3 Å². The second-order valence-corrected chi connectivity index (χ2v) is 5.18. The molecule has 0 fully saturated rings. The van der Waals surface area contributed by atoms with Gasteiger partial charge in [0.05, 0.1) is 20.7 Å². The van der Waals surface area contributed by atoms with Crippen molar-refractivity contribution < 1.29 is 9.72 Å². The zero-order chi connectivity index (χ0) is 14.8. The average molecular weight is 299 g/mol. The topological polar surface area (TPSA) is 85.1 Å². The molecule has 21 heavy (non-hydrogen) atoms. The molecule has 6 nitrogen and oxygen atoms in total. The zero-order valence-electron chi connectivity index (χ0n) is 10.6. The Morgan fingerprint density at radius 1 is 1.24 bits per heavy atom. The van der Waals surface area contributed by atoms with Crippen LogP contribution in [-0.4, -0.2) is 15.8 Å². The smallest absolute Gasteiger partial charge is 0.271 e. The lowest BCUT2D eigenvalue weighted by Crippen LogP contribution is -2.11. The first-order chi connectivity index (χ1) is 10.1. The second kappa shape index (κ2) is 5.29. The molecule has 0 radical (unpaired) electrons. The summed E-state index contributed by atoms with van der Waals surface area (Å²) in [5.74, 6) is -0.314. The third-order valence-electron chi connectivity index (χ3n) is 2.91. The lowest BCUT2D eigenvalue weighted by molar-refractivity contribution is -0.384. The molecule has 0 spiro atoms. The summed E-state index contributed by atoms with van der Waals surface area (Å²) in [4.78, 5) is 26.5. The Morgan fingerprint density at radius 2 is 2.10 bits per heavy atom. The van der Waals surface area contributed by atoms with E-state index >= 15 is 0 Å². The van der Waals surface area contributed by atoms with E-state index in [4.69, 9.17) is 0 Å². The molecule has 0 aliphatic carbocycles. The van der Waals surface area contributed by atoms with Gasteiger partial charge in [-0.15, -0.1) is 11.3 Å². The highest BCUT2D eigenvalue weighted by Crippen LogP contribution is 2.21. The lowest BCUT2D eigenvalue weighted by Gasteiger charge is -2.05. The number of thiazole rings is 1. The largest absolute Gasteiger partial charge is 0.322 e. The van der Waals surface area contributed by atoms with Gasteiger partial charge in [-0.3, -0.25) is 14.9 Å². The number of hydrogen-bond acceptors (Lipinski definition) is 5. The maximum Gasteiger partial charge on any atom is 0.271 e. The molecule has 3 aromatic rings. The molecule has 1 N–H and O–H groups in total. The van der Waals surface area contributed by atoms with E-state index in [2.05, 4.69) is 10.3 Å². The van der Waals surface area contributed by atoms with E-state index in [1.807, 2.05) is 0 Å². The number of amides is 1. The zero-order valence-corrected chi connectivity index (χ0v) is 11.5. The van der Waals surface area contributed by atoms with E-state index in [0.29, 0.717) is 11.3 Å². The van der Waals surface area contributed by atoms with E-state index in [1.165, 1.54) is 29.5 Å². The minimum absolute atomic E-state index is 0.0642. The van der Waals surface area contributed by atoms with Gasteiger partial charge in [-0.2, -0.15) is 0 Å². The minimum atomic E-state index is -0.501. The second-order valence-electron chi connectivity index (χ2n) is 4.30. The summed E-state index contributed by atoms with van der Waals surface area (Å²) >= 11 is 1.45. The summed E-state index contributed by atoms with van der Waals surface area (Å²) in [5.41, 5.74) is 3.36. The SMILES string of the molecule is O=C(Nc1cccc([N+](=O)[O-])c1)c1ccc2ncsc2c1. The number of anilines is 1. The molecular formula is C14H9N3O3S. The number of non-ortho nitro benzene ring substituents is 1. The highest BCUT2D eigenvalue weighted by molar-refractivity contribution is 7.16. The molecule has 0 aliphatic rings. The summed E-state index contributed by atoms with van der Waals surface area (Å²) < 4.78 is 0.918. The molecule has 1 heterocycles. The Balaban J connectivity index is 1.85. The van der Waals surface area contributed by atoms with Gasteiger partial charge in [0.1, 0.15) is 0 Å². The van der Waals surface area contributed by atoms with Crippen LogP contribution in [-0.2, 0) is 0 Å². The van der Waals surface area contributed by atoms with Gasteiger partial charge in [-0.25, -0.2) is 4.98 Å². The van der Waals surface area contributed by atoms with Crippen molar-refractivity contribution in [3.8, 4) is 0 Å². The first kappa shape index (κ1) is 13.2. The highest BCUT2D eigenvalue weighted by atomic mass is 32.1. The standard InChI is InChI=1S/C14H9N3O3S/c18-14(9-4-5-12-13(6-9)21-8-15-12)16-10-2-1-3-11(7-10)17(19)20/h1-8H,(H,16,18). The molecule has 1 aromatic heterocycles. The van der Waals surface area contributed by atoms with Crippen LogP contribution in [0.2, 0.25) is 0 Å². The van der Waals surface area contributed by atoms with Gasteiger partial charge < -0.3 is 5.32 Å². The number of nitrogens with zero attached hydrogens (tertiary/aromatic N) is 2. The van der Waals surface area contributed by atoms with Gasteiger partial charge in [0.15, 0.2) is 0 Å². The minimum Gasteiger partial charge on any atom is -0.322 e. The monoisotopic (exact) mass is 299 g/mol. The highest BCUT2D eigenvalue weighted by Gasteiger charge is 2.10. The van der Waals surface area contributed by atoms with Crippen molar-refractivity contribution in [1.82, 2.24) is 4.98 Å².